The van der Waals surface area contributed by atoms with Crippen molar-refractivity contribution in [3.63, 3.8) is 0 Å². The molecule has 0 unspecified atom stereocenters. The largest absolute Gasteiger partial charge is 0.476 e. The van der Waals surface area contributed by atoms with Gasteiger partial charge in [0.25, 0.3) is 0 Å². The van der Waals surface area contributed by atoms with E-state index < -0.39 is 5.97 Å². The number of rotatable bonds is 3. The second kappa shape index (κ2) is 8.90. The maximum atomic E-state index is 11.7. The van der Waals surface area contributed by atoms with Gasteiger partial charge >= 0.3 is 11.9 Å². The van der Waals surface area contributed by atoms with Gasteiger partial charge in [-0.25, -0.2) is 19.8 Å². The van der Waals surface area contributed by atoms with Gasteiger partial charge in [-0.15, -0.1) is 22.7 Å². The smallest absolute Gasteiger partial charge is 0.365 e. The van der Waals surface area contributed by atoms with Gasteiger partial charge in [-0.05, 0) is 10.8 Å². The minimum atomic E-state index is -0.949. The number of carbonyl (C=O) groups excluding carboxylic acids is 1. The van der Waals surface area contributed by atoms with Crippen molar-refractivity contribution in [1.29, 1.82) is 0 Å². The molecule has 2 aromatic rings. The zero-order valence-electron chi connectivity index (χ0n) is 17.0. The van der Waals surface area contributed by atoms with Gasteiger partial charge < -0.3 is 5.11 Å². The van der Waals surface area contributed by atoms with Crippen LogP contribution in [0.2, 0.25) is 0 Å². The molecule has 9 heteroatoms. The van der Waals surface area contributed by atoms with Crippen LogP contribution in [0, 0.1) is 0 Å². The van der Waals surface area contributed by atoms with Gasteiger partial charge in [0.2, 0.25) is 5.01 Å². The van der Waals surface area contributed by atoms with Crippen molar-refractivity contribution in [2.75, 3.05) is 14.2 Å². The van der Waals surface area contributed by atoms with Crippen LogP contribution in [0.4, 0.5) is 0 Å². The Morgan fingerprint density at radius 1 is 0.963 bits per heavy atom. The number of carboxylic acid groups (broad SMARTS) is 1. The molecule has 1 amide bonds. The maximum Gasteiger partial charge on any atom is 0.365 e. The quantitative estimate of drug-likeness (QED) is 0.758. The van der Waals surface area contributed by atoms with E-state index in [2.05, 4.69) is 30.7 Å². The molecule has 0 saturated heterocycles. The lowest BCUT2D eigenvalue weighted by molar-refractivity contribution is -0.0757. The average Bonchev–Trinajstić information content (AvgIpc) is 3.21. The predicted molar refractivity (Wildman–Crippen MR) is 108 cm³/mol. The standard InChI is InChI=1S/C10H16N2O2S.C8H11NO2S/c1-10(2,3)7-6-11-8(15-7)9(13)12(4)14-5;1-8(2,3)5-4-9-6(12-5)7(10)11/h6H,1-5H3;4H,1-3H3,(H,10,11). The normalized spacial score (nSPS) is 11.6. The maximum absolute atomic E-state index is 11.7. The molecular weight excluding hydrogens is 386 g/mol. The average molecular weight is 414 g/mol. The Bertz CT molecular complexity index is 785. The highest BCUT2D eigenvalue weighted by Crippen LogP contribution is 2.28. The van der Waals surface area contributed by atoms with E-state index >= 15 is 0 Å². The fourth-order valence-electron chi connectivity index (χ4n) is 1.66. The van der Waals surface area contributed by atoms with E-state index in [-0.39, 0.29) is 21.7 Å². The molecule has 2 aromatic heterocycles. The van der Waals surface area contributed by atoms with E-state index in [1.165, 1.54) is 34.8 Å². The molecule has 7 nitrogen and oxygen atoms in total. The molecule has 0 saturated carbocycles. The number of carboxylic acids is 1. The highest BCUT2D eigenvalue weighted by molar-refractivity contribution is 7.14. The van der Waals surface area contributed by atoms with E-state index in [1.54, 1.807) is 19.4 Å². The van der Waals surface area contributed by atoms with E-state index in [0.717, 1.165) is 9.75 Å². The third kappa shape index (κ3) is 6.67. The van der Waals surface area contributed by atoms with Gasteiger partial charge in [-0.3, -0.25) is 9.63 Å². The van der Waals surface area contributed by atoms with Gasteiger partial charge in [-0.2, -0.15) is 0 Å². The van der Waals surface area contributed by atoms with Crippen LogP contribution in [0.15, 0.2) is 12.4 Å². The highest BCUT2D eigenvalue weighted by Gasteiger charge is 2.21. The van der Waals surface area contributed by atoms with Crippen molar-refractivity contribution in [3.8, 4) is 0 Å². The Morgan fingerprint density at radius 2 is 1.37 bits per heavy atom. The van der Waals surface area contributed by atoms with Crippen LogP contribution < -0.4 is 0 Å². The molecule has 27 heavy (non-hydrogen) atoms. The van der Waals surface area contributed by atoms with Crippen LogP contribution in [-0.4, -0.2) is 46.2 Å². The zero-order valence-corrected chi connectivity index (χ0v) is 18.6. The first-order chi connectivity index (χ1) is 12.3. The molecule has 2 rings (SSSR count). The summed E-state index contributed by atoms with van der Waals surface area (Å²) in [5.74, 6) is -1.16. The number of aromatic nitrogens is 2. The zero-order chi connectivity index (χ0) is 21.0. The van der Waals surface area contributed by atoms with Gasteiger partial charge in [-0.1, -0.05) is 41.5 Å². The number of hydrogen-bond acceptors (Lipinski definition) is 7. The Morgan fingerprint density at radius 3 is 1.67 bits per heavy atom. The van der Waals surface area contributed by atoms with Crippen LogP contribution in [-0.2, 0) is 15.7 Å². The summed E-state index contributed by atoms with van der Waals surface area (Å²) < 4.78 is 0. The molecule has 150 valence electrons. The summed E-state index contributed by atoms with van der Waals surface area (Å²) >= 11 is 2.65. The molecule has 0 atom stereocenters. The van der Waals surface area contributed by atoms with Crippen molar-refractivity contribution < 1.29 is 19.5 Å². The topological polar surface area (TPSA) is 92.6 Å². The number of hydrogen-bond donors (Lipinski definition) is 1. The summed E-state index contributed by atoms with van der Waals surface area (Å²) in [5, 5.41) is 10.4. The number of amides is 1. The predicted octanol–water partition coefficient (Wildman–Crippen LogP) is 4.21. The SMILES string of the molecule is CC(C)(C)c1cnc(C(=O)O)s1.CON(C)C(=O)c1ncc(C(C)(C)C)s1. The van der Waals surface area contributed by atoms with Gasteiger partial charge in [0, 0.05) is 29.2 Å². The van der Waals surface area contributed by atoms with Crippen LogP contribution in [0.3, 0.4) is 0 Å². The summed E-state index contributed by atoms with van der Waals surface area (Å²) in [4.78, 5) is 37.0. The second-order valence-electron chi connectivity index (χ2n) is 7.85. The fraction of sp³-hybridized carbons (Fsp3) is 0.556. The molecule has 0 bridgehead atoms. The van der Waals surface area contributed by atoms with E-state index in [1.807, 2.05) is 20.8 Å². The summed E-state index contributed by atoms with van der Waals surface area (Å²) in [6.45, 7) is 12.4. The van der Waals surface area contributed by atoms with Crippen LogP contribution >= 0.6 is 22.7 Å². The Labute approximate surface area is 168 Å². The summed E-state index contributed by atoms with van der Waals surface area (Å²) in [6.07, 6.45) is 3.38. The van der Waals surface area contributed by atoms with Crippen molar-refractivity contribution in [2.45, 2.75) is 52.4 Å². The molecule has 2 heterocycles. The third-order valence-electron chi connectivity index (χ3n) is 3.42. The molecule has 0 aromatic carbocycles. The van der Waals surface area contributed by atoms with Crippen LogP contribution in [0.1, 0.15) is 70.9 Å². The number of aromatic carboxylic acids is 1. The molecular formula is C18H27N3O4S2. The van der Waals surface area contributed by atoms with Gasteiger partial charge in [0.1, 0.15) is 0 Å². The number of hydroxylamine groups is 2. The van der Waals surface area contributed by atoms with Gasteiger partial charge in [0.05, 0.1) is 7.11 Å². The first-order valence-electron chi connectivity index (χ1n) is 8.25. The Kier molecular flexibility index (Phi) is 7.65. The molecule has 0 aliphatic heterocycles. The van der Waals surface area contributed by atoms with Crippen LogP contribution in [0.5, 0.6) is 0 Å². The number of carbonyl (C=O) groups is 2. The third-order valence-corrected chi connectivity index (χ3v) is 6.24. The van der Waals surface area contributed by atoms with Gasteiger partial charge in [0.15, 0.2) is 5.01 Å². The van der Waals surface area contributed by atoms with Crippen molar-refractivity contribution in [1.82, 2.24) is 15.0 Å². The summed E-state index contributed by atoms with van der Waals surface area (Å²) in [7, 11) is 3.02. The molecule has 0 spiro atoms. The molecule has 0 fully saturated rings. The summed E-state index contributed by atoms with van der Waals surface area (Å²) in [6, 6.07) is 0. The lowest BCUT2D eigenvalue weighted by Gasteiger charge is -2.14. The first kappa shape index (κ1) is 23.2. The molecule has 1 N–H and O–H groups in total. The second-order valence-corrected chi connectivity index (χ2v) is 9.91. The Hall–Kier alpha value is -1.84. The number of nitrogens with zero attached hydrogens (tertiary/aromatic N) is 3. The van der Waals surface area contributed by atoms with E-state index in [0.29, 0.717) is 5.01 Å². The van der Waals surface area contributed by atoms with E-state index in [9.17, 15) is 9.59 Å². The molecule has 0 radical (unpaired) electrons. The summed E-state index contributed by atoms with van der Waals surface area (Å²) in [5.41, 5.74) is 0.0210. The molecule has 0 aliphatic carbocycles. The minimum absolute atomic E-state index is 0.00856. The highest BCUT2D eigenvalue weighted by atomic mass is 32.1. The van der Waals surface area contributed by atoms with E-state index in [4.69, 9.17) is 9.94 Å². The van der Waals surface area contributed by atoms with Crippen molar-refractivity contribution in [2.24, 2.45) is 0 Å². The van der Waals surface area contributed by atoms with Crippen molar-refractivity contribution >= 4 is 34.6 Å². The first-order valence-corrected chi connectivity index (χ1v) is 9.88. The monoisotopic (exact) mass is 413 g/mol. The lowest BCUT2D eigenvalue weighted by Crippen LogP contribution is -2.25. The van der Waals surface area contributed by atoms with Crippen LogP contribution in [0.25, 0.3) is 0 Å². The lowest BCUT2D eigenvalue weighted by atomic mass is 9.96. The number of thiazole rings is 2. The molecule has 0 aliphatic rings. The minimum Gasteiger partial charge on any atom is -0.476 e. The fourth-order valence-corrected chi connectivity index (χ4v) is 3.41. The van der Waals surface area contributed by atoms with Crippen molar-refractivity contribution in [3.05, 3.63) is 32.2 Å². The Balaban J connectivity index is 0.000000277.